The number of halogens is 3. The molecule has 2 rings (SSSR count). The second kappa shape index (κ2) is 4.99. The fourth-order valence-corrected chi connectivity index (χ4v) is 2.62. The molecule has 1 fully saturated rings. The lowest BCUT2D eigenvalue weighted by Crippen LogP contribution is -2.28. The summed E-state index contributed by atoms with van der Waals surface area (Å²) in [5, 5.41) is 0. The lowest BCUT2D eigenvalue weighted by atomic mass is 10.0. The maximum atomic E-state index is 12.3. The van der Waals surface area contributed by atoms with Gasteiger partial charge in [-0.25, -0.2) is 0 Å². The minimum Gasteiger partial charge on any atom is -0.374 e. The van der Waals surface area contributed by atoms with Crippen LogP contribution in [0.15, 0.2) is 18.3 Å². The highest BCUT2D eigenvalue weighted by Crippen LogP contribution is 2.38. The quantitative estimate of drug-likeness (QED) is 0.635. The predicted octanol–water partition coefficient (Wildman–Crippen LogP) is 2.97. The monoisotopic (exact) mass is 295 g/mol. The molecule has 1 aliphatic carbocycles. The van der Waals surface area contributed by atoms with Crippen molar-refractivity contribution < 1.29 is 25.8 Å². The first kappa shape index (κ1) is 14.1. The van der Waals surface area contributed by atoms with Crippen LogP contribution in [0.25, 0.3) is 0 Å². The second-order valence-corrected chi connectivity index (χ2v) is 5.89. The van der Waals surface area contributed by atoms with Gasteiger partial charge in [0.1, 0.15) is 0 Å². The third-order valence-electron chi connectivity index (χ3n) is 3.02. The van der Waals surface area contributed by atoms with Crippen LogP contribution in [0.1, 0.15) is 37.3 Å². The molecule has 1 aliphatic rings. The van der Waals surface area contributed by atoms with E-state index in [4.69, 9.17) is 0 Å². The van der Waals surface area contributed by atoms with Gasteiger partial charge in [0.05, 0.1) is 5.69 Å². The van der Waals surface area contributed by atoms with Gasteiger partial charge in [0, 0.05) is 12.1 Å². The van der Waals surface area contributed by atoms with Crippen molar-refractivity contribution in [1.82, 2.24) is 4.98 Å². The first-order chi connectivity index (χ1) is 8.81. The van der Waals surface area contributed by atoms with Crippen molar-refractivity contribution in [3.05, 3.63) is 24.0 Å². The molecule has 0 amide bonds. The van der Waals surface area contributed by atoms with E-state index in [1.54, 1.807) is 0 Å². The topological polar surface area (TPSA) is 56.3 Å². The molecular weight excluding hydrogens is 283 g/mol. The van der Waals surface area contributed by atoms with E-state index >= 15 is 0 Å². The summed E-state index contributed by atoms with van der Waals surface area (Å²) in [6.45, 7) is 0. The fraction of sp³-hybridized carbons (Fsp3) is 0.545. The van der Waals surface area contributed by atoms with Gasteiger partial charge in [-0.15, -0.1) is 0 Å². The largest absolute Gasteiger partial charge is 0.534 e. The van der Waals surface area contributed by atoms with Gasteiger partial charge in [-0.3, -0.25) is 4.98 Å². The average molecular weight is 295 g/mol. The lowest BCUT2D eigenvalue weighted by molar-refractivity contribution is -0.0500. The van der Waals surface area contributed by atoms with E-state index in [0.29, 0.717) is 0 Å². The summed E-state index contributed by atoms with van der Waals surface area (Å²) in [4.78, 5) is 3.97. The Labute approximate surface area is 108 Å². The van der Waals surface area contributed by atoms with Crippen LogP contribution in [0.4, 0.5) is 13.2 Å². The highest BCUT2D eigenvalue weighted by molar-refractivity contribution is 7.88. The molecule has 0 unspecified atom stereocenters. The molecule has 0 atom stereocenters. The first-order valence-electron chi connectivity index (χ1n) is 5.77. The third-order valence-corrected chi connectivity index (χ3v) is 3.99. The van der Waals surface area contributed by atoms with Gasteiger partial charge in [0.15, 0.2) is 5.75 Å². The molecule has 1 saturated carbocycles. The summed E-state index contributed by atoms with van der Waals surface area (Å²) in [6.07, 6.45) is 4.87. The smallest absolute Gasteiger partial charge is 0.374 e. The molecule has 1 heterocycles. The van der Waals surface area contributed by atoms with Crippen molar-refractivity contribution >= 4 is 10.1 Å². The molecule has 0 spiro atoms. The molecule has 0 N–H and O–H groups in total. The minimum atomic E-state index is -5.64. The Balaban J connectivity index is 2.31. The van der Waals surface area contributed by atoms with Crippen LogP contribution in [0, 0.1) is 0 Å². The number of pyridine rings is 1. The number of rotatable bonds is 3. The predicted molar refractivity (Wildman–Crippen MR) is 61.0 cm³/mol. The number of hydrogen-bond acceptors (Lipinski definition) is 4. The highest BCUT2D eigenvalue weighted by Gasteiger charge is 2.49. The van der Waals surface area contributed by atoms with Gasteiger partial charge < -0.3 is 4.18 Å². The van der Waals surface area contributed by atoms with Gasteiger partial charge in [-0.05, 0) is 25.0 Å². The van der Waals surface area contributed by atoms with E-state index in [2.05, 4.69) is 9.17 Å². The number of hydrogen-bond donors (Lipinski definition) is 0. The van der Waals surface area contributed by atoms with Gasteiger partial charge in [0.2, 0.25) is 0 Å². The Kier molecular flexibility index (Phi) is 3.71. The molecule has 0 saturated heterocycles. The Morgan fingerprint density at radius 1 is 1.26 bits per heavy atom. The van der Waals surface area contributed by atoms with Crippen LogP contribution in [-0.2, 0) is 10.1 Å². The van der Waals surface area contributed by atoms with Gasteiger partial charge >= 0.3 is 15.6 Å². The normalized spacial score (nSPS) is 17.6. The number of aromatic nitrogens is 1. The Morgan fingerprint density at radius 2 is 1.89 bits per heavy atom. The minimum absolute atomic E-state index is 0.0420. The van der Waals surface area contributed by atoms with E-state index in [1.165, 1.54) is 18.3 Å². The molecule has 0 bridgehead atoms. The molecule has 1 aromatic rings. The SMILES string of the molecule is O=S(=O)(Oc1cccnc1C1CCCC1)C(F)(F)F. The lowest BCUT2D eigenvalue weighted by Gasteiger charge is -2.15. The molecule has 19 heavy (non-hydrogen) atoms. The maximum Gasteiger partial charge on any atom is 0.534 e. The molecule has 106 valence electrons. The van der Waals surface area contributed by atoms with Crippen LogP contribution < -0.4 is 4.18 Å². The number of alkyl halides is 3. The summed E-state index contributed by atoms with van der Waals surface area (Å²) >= 11 is 0. The van der Waals surface area contributed by atoms with Crippen molar-refractivity contribution in [2.45, 2.75) is 37.1 Å². The summed E-state index contributed by atoms with van der Waals surface area (Å²) in [5.74, 6) is -0.369. The zero-order valence-corrected chi connectivity index (χ0v) is 10.7. The van der Waals surface area contributed by atoms with Crippen LogP contribution in [0.3, 0.4) is 0 Å². The van der Waals surface area contributed by atoms with Crippen molar-refractivity contribution in [3.63, 3.8) is 0 Å². The summed E-state index contributed by atoms with van der Waals surface area (Å²) in [5.41, 5.74) is -5.15. The van der Waals surface area contributed by atoms with E-state index in [9.17, 15) is 21.6 Å². The van der Waals surface area contributed by atoms with Crippen molar-refractivity contribution in [1.29, 1.82) is 0 Å². The Hall–Kier alpha value is -1.31. The summed E-state index contributed by atoms with van der Waals surface area (Å²) in [6, 6.07) is 2.55. The Bertz CT molecular complexity index is 551. The van der Waals surface area contributed by atoms with E-state index in [1.807, 2.05) is 0 Å². The molecule has 1 aromatic heterocycles. The average Bonchev–Trinajstić information content (AvgIpc) is 2.81. The van der Waals surface area contributed by atoms with Gasteiger partial charge in [-0.2, -0.15) is 21.6 Å². The molecule has 4 nitrogen and oxygen atoms in total. The molecular formula is C11H12F3NO3S. The molecule has 0 aliphatic heterocycles. The van der Waals surface area contributed by atoms with Gasteiger partial charge in [-0.1, -0.05) is 12.8 Å². The summed E-state index contributed by atoms with van der Waals surface area (Å²) < 4.78 is 63.1. The van der Waals surface area contributed by atoms with E-state index in [-0.39, 0.29) is 17.4 Å². The third kappa shape index (κ3) is 2.99. The second-order valence-electron chi connectivity index (χ2n) is 4.35. The fourth-order valence-electron chi connectivity index (χ4n) is 2.14. The molecule has 0 radical (unpaired) electrons. The first-order valence-corrected chi connectivity index (χ1v) is 7.18. The van der Waals surface area contributed by atoms with Gasteiger partial charge in [0.25, 0.3) is 0 Å². The van der Waals surface area contributed by atoms with Crippen molar-refractivity contribution in [2.75, 3.05) is 0 Å². The zero-order chi connectivity index (χ0) is 14.1. The zero-order valence-electron chi connectivity index (χ0n) is 9.85. The van der Waals surface area contributed by atoms with Crippen LogP contribution in [0.2, 0.25) is 0 Å². The standard InChI is InChI=1S/C11H12F3NO3S/c12-11(13,14)19(16,17)18-9-6-3-7-15-10(9)8-4-1-2-5-8/h3,6-8H,1-2,4-5H2. The summed E-state index contributed by atoms with van der Waals surface area (Å²) in [7, 11) is -5.64. The highest BCUT2D eigenvalue weighted by atomic mass is 32.2. The molecule has 0 aromatic carbocycles. The molecule has 8 heteroatoms. The maximum absolute atomic E-state index is 12.3. The Morgan fingerprint density at radius 3 is 2.47 bits per heavy atom. The van der Waals surface area contributed by atoms with Crippen molar-refractivity contribution in [3.8, 4) is 5.75 Å². The van der Waals surface area contributed by atoms with Crippen LogP contribution >= 0.6 is 0 Å². The van der Waals surface area contributed by atoms with Crippen LogP contribution in [-0.4, -0.2) is 18.9 Å². The van der Waals surface area contributed by atoms with Crippen molar-refractivity contribution in [2.24, 2.45) is 0 Å². The number of nitrogens with zero attached hydrogens (tertiary/aromatic N) is 1. The van der Waals surface area contributed by atoms with E-state index < -0.39 is 15.6 Å². The van der Waals surface area contributed by atoms with E-state index in [0.717, 1.165) is 25.7 Å². The van der Waals surface area contributed by atoms with Crippen LogP contribution in [0.5, 0.6) is 5.75 Å².